The summed E-state index contributed by atoms with van der Waals surface area (Å²) in [5.41, 5.74) is -1.18. The van der Waals surface area contributed by atoms with Gasteiger partial charge < -0.3 is 50.5 Å². The normalized spacial score (nSPS) is 17.2. The van der Waals surface area contributed by atoms with Gasteiger partial charge in [0.05, 0.1) is 48.6 Å². The molecule has 0 bridgehead atoms. The van der Waals surface area contributed by atoms with E-state index in [0.29, 0.717) is 4.90 Å². The van der Waals surface area contributed by atoms with Gasteiger partial charge in [0.2, 0.25) is 11.8 Å². The standard InChI is InChI=1S/C34H30N2O13/c1-48-25-11-15(3-9-23(25)39)27(16-4-10-24(40)26(12-16)49-2)28-29(30(41)35-21-7-5-17(37)13-19(21)33(44)45)32(43)36(31(28)42)22-8-6-18(38)14-20(22)34(46)47/h3-14,27-29,32,37-40,43H,1-2H3,(H,35,41)(H,44,45)(H,46,47). The highest BCUT2D eigenvalue weighted by Gasteiger charge is 2.56. The number of ether oxygens (including phenoxy) is 2. The predicted molar refractivity (Wildman–Crippen MR) is 170 cm³/mol. The number of benzene rings is 4. The van der Waals surface area contributed by atoms with Gasteiger partial charge in [-0.1, -0.05) is 12.1 Å². The van der Waals surface area contributed by atoms with Gasteiger partial charge >= 0.3 is 11.9 Å². The van der Waals surface area contributed by atoms with Crippen molar-refractivity contribution in [2.24, 2.45) is 11.8 Å². The third-order valence-electron chi connectivity index (χ3n) is 8.24. The van der Waals surface area contributed by atoms with Gasteiger partial charge in [-0.05, 0) is 71.8 Å². The number of nitrogens with one attached hydrogen (secondary N) is 1. The zero-order valence-corrected chi connectivity index (χ0v) is 25.8. The van der Waals surface area contributed by atoms with Gasteiger partial charge in [0.1, 0.15) is 17.7 Å². The van der Waals surface area contributed by atoms with Gasteiger partial charge in [-0.3, -0.25) is 14.5 Å². The second-order valence-corrected chi connectivity index (χ2v) is 11.0. The molecule has 0 saturated carbocycles. The van der Waals surface area contributed by atoms with Crippen LogP contribution in [0.15, 0.2) is 72.8 Å². The van der Waals surface area contributed by atoms with Crippen molar-refractivity contribution in [3.63, 3.8) is 0 Å². The number of phenolic OH excluding ortho intramolecular Hbond substituents is 4. The molecule has 1 saturated heterocycles. The van der Waals surface area contributed by atoms with Crippen molar-refractivity contribution in [2.45, 2.75) is 12.1 Å². The topological polar surface area (TPSA) is 244 Å². The maximum atomic E-state index is 14.6. The van der Waals surface area contributed by atoms with Gasteiger partial charge in [-0.2, -0.15) is 0 Å². The van der Waals surface area contributed by atoms with E-state index >= 15 is 0 Å². The molecule has 3 atom stereocenters. The number of aromatic carboxylic acids is 2. The van der Waals surface area contributed by atoms with E-state index in [9.17, 15) is 54.9 Å². The number of carbonyl (C=O) groups is 4. The lowest BCUT2D eigenvalue weighted by molar-refractivity contribution is -0.127. The first-order chi connectivity index (χ1) is 23.3. The van der Waals surface area contributed by atoms with Crippen LogP contribution in [0.3, 0.4) is 0 Å². The Kier molecular flexibility index (Phi) is 9.21. The molecule has 49 heavy (non-hydrogen) atoms. The molecule has 2 amide bonds. The SMILES string of the molecule is COc1cc(C(c2ccc(O)c(OC)c2)C2C(=O)N(c3ccc(O)cc3C(=O)O)C(O)C2C(=O)Nc2ccc(O)cc2C(=O)O)ccc1O. The Morgan fingerprint density at radius 1 is 0.735 bits per heavy atom. The number of methoxy groups -OCH3 is 2. The Hall–Kier alpha value is -6.48. The van der Waals surface area contributed by atoms with E-state index in [1.165, 1.54) is 50.6 Å². The Morgan fingerprint density at radius 2 is 1.24 bits per heavy atom. The van der Waals surface area contributed by atoms with E-state index in [1.807, 2.05) is 0 Å². The molecule has 4 aromatic rings. The molecule has 1 heterocycles. The van der Waals surface area contributed by atoms with Crippen LogP contribution in [-0.4, -0.2) is 79.9 Å². The molecule has 1 fully saturated rings. The number of hydrogen-bond donors (Lipinski definition) is 8. The Balaban J connectivity index is 1.76. The lowest BCUT2D eigenvalue weighted by Gasteiger charge is -2.28. The van der Waals surface area contributed by atoms with Crippen LogP contribution in [0.4, 0.5) is 11.4 Å². The van der Waals surface area contributed by atoms with E-state index < -0.39 is 70.4 Å². The number of aromatic hydroxyl groups is 4. The molecule has 5 rings (SSSR count). The number of amides is 2. The van der Waals surface area contributed by atoms with E-state index in [2.05, 4.69) is 5.32 Å². The van der Waals surface area contributed by atoms with Crippen molar-refractivity contribution in [2.75, 3.05) is 24.4 Å². The zero-order valence-electron chi connectivity index (χ0n) is 25.8. The first kappa shape index (κ1) is 33.9. The van der Waals surface area contributed by atoms with Crippen molar-refractivity contribution < 1.29 is 64.4 Å². The van der Waals surface area contributed by atoms with Gasteiger partial charge in [-0.15, -0.1) is 0 Å². The van der Waals surface area contributed by atoms with Crippen molar-refractivity contribution in [1.29, 1.82) is 0 Å². The lowest BCUT2D eigenvalue weighted by atomic mass is 9.74. The van der Waals surface area contributed by atoms with Crippen LogP contribution in [-0.2, 0) is 9.59 Å². The number of aliphatic hydroxyl groups excluding tert-OH is 1. The summed E-state index contributed by atoms with van der Waals surface area (Å²) in [6, 6.07) is 14.4. The summed E-state index contributed by atoms with van der Waals surface area (Å²) in [4.78, 5) is 53.8. The molecular weight excluding hydrogens is 644 g/mol. The predicted octanol–water partition coefficient (Wildman–Crippen LogP) is 3.29. The molecule has 0 aliphatic carbocycles. The van der Waals surface area contributed by atoms with E-state index in [0.717, 1.165) is 36.4 Å². The molecule has 0 spiro atoms. The molecule has 15 nitrogen and oxygen atoms in total. The fourth-order valence-corrected chi connectivity index (χ4v) is 6.02. The van der Waals surface area contributed by atoms with E-state index in [-0.39, 0.29) is 45.5 Å². The van der Waals surface area contributed by atoms with Crippen LogP contribution in [0.5, 0.6) is 34.5 Å². The number of anilines is 2. The largest absolute Gasteiger partial charge is 0.508 e. The summed E-state index contributed by atoms with van der Waals surface area (Å²) in [6.07, 6.45) is -2.06. The number of hydrogen-bond acceptors (Lipinski definition) is 11. The van der Waals surface area contributed by atoms with Crippen molar-refractivity contribution in [1.82, 2.24) is 0 Å². The smallest absolute Gasteiger partial charge is 0.337 e. The highest BCUT2D eigenvalue weighted by molar-refractivity contribution is 6.10. The second kappa shape index (κ2) is 13.3. The van der Waals surface area contributed by atoms with Crippen molar-refractivity contribution in [3.05, 3.63) is 95.1 Å². The molecule has 3 unspecified atom stereocenters. The Bertz CT molecular complexity index is 1920. The van der Waals surface area contributed by atoms with Crippen LogP contribution in [0.2, 0.25) is 0 Å². The maximum Gasteiger partial charge on any atom is 0.337 e. The molecule has 1 aliphatic heterocycles. The third-order valence-corrected chi connectivity index (χ3v) is 8.24. The van der Waals surface area contributed by atoms with Crippen LogP contribution in [0, 0.1) is 11.8 Å². The van der Waals surface area contributed by atoms with Crippen molar-refractivity contribution in [3.8, 4) is 34.5 Å². The fourth-order valence-electron chi connectivity index (χ4n) is 6.02. The third kappa shape index (κ3) is 6.29. The molecule has 1 aliphatic rings. The van der Waals surface area contributed by atoms with E-state index in [1.54, 1.807) is 0 Å². The zero-order chi connectivity index (χ0) is 35.7. The van der Waals surface area contributed by atoms with E-state index in [4.69, 9.17) is 9.47 Å². The van der Waals surface area contributed by atoms with Gasteiger partial charge in [0, 0.05) is 5.92 Å². The number of aliphatic hydroxyl groups is 1. The summed E-state index contributed by atoms with van der Waals surface area (Å²) in [5, 5.41) is 74.5. The molecule has 8 N–H and O–H groups in total. The molecular formula is C34H30N2O13. The number of carbonyl (C=O) groups excluding carboxylic acids is 2. The highest BCUT2D eigenvalue weighted by atomic mass is 16.5. The minimum Gasteiger partial charge on any atom is -0.508 e. The summed E-state index contributed by atoms with van der Waals surface area (Å²) in [5.74, 6) is -11.0. The maximum absolute atomic E-state index is 14.6. The first-order valence-corrected chi connectivity index (χ1v) is 14.5. The Labute approximate surface area is 277 Å². The Morgan fingerprint density at radius 3 is 1.76 bits per heavy atom. The van der Waals surface area contributed by atoms with Gasteiger partial charge in [-0.25, -0.2) is 9.59 Å². The quantitative estimate of drug-likeness (QED) is 0.113. The fraction of sp³-hybridized carbons (Fsp3) is 0.176. The van der Waals surface area contributed by atoms with Crippen LogP contribution in [0.25, 0.3) is 0 Å². The summed E-state index contributed by atoms with van der Waals surface area (Å²) in [6.45, 7) is 0. The highest BCUT2D eigenvalue weighted by Crippen LogP contribution is 2.48. The first-order valence-electron chi connectivity index (χ1n) is 14.5. The number of rotatable bonds is 10. The van der Waals surface area contributed by atoms with Crippen molar-refractivity contribution >= 4 is 35.1 Å². The average molecular weight is 675 g/mol. The molecule has 254 valence electrons. The average Bonchev–Trinajstić information content (AvgIpc) is 3.32. The van der Waals surface area contributed by atoms with Gasteiger partial charge in [0.25, 0.3) is 0 Å². The van der Waals surface area contributed by atoms with Crippen LogP contribution in [0.1, 0.15) is 37.8 Å². The molecule has 0 aromatic heterocycles. The lowest BCUT2D eigenvalue weighted by Crippen LogP contribution is -2.40. The van der Waals surface area contributed by atoms with Crippen LogP contribution >= 0.6 is 0 Å². The summed E-state index contributed by atoms with van der Waals surface area (Å²) >= 11 is 0. The summed E-state index contributed by atoms with van der Waals surface area (Å²) < 4.78 is 10.6. The minimum atomic E-state index is -2.06. The van der Waals surface area contributed by atoms with Gasteiger partial charge in [0.15, 0.2) is 23.0 Å². The minimum absolute atomic E-state index is 0.0148. The summed E-state index contributed by atoms with van der Waals surface area (Å²) in [7, 11) is 2.58. The molecule has 4 aromatic carbocycles. The molecule has 0 radical (unpaired) electrons. The number of carboxylic acid groups (broad SMARTS) is 2. The number of phenols is 4. The monoisotopic (exact) mass is 674 g/mol. The molecule has 15 heteroatoms. The second-order valence-electron chi connectivity index (χ2n) is 11.0. The number of carboxylic acids is 2. The number of nitrogens with zero attached hydrogens (tertiary/aromatic N) is 1. The van der Waals surface area contributed by atoms with Crippen LogP contribution < -0.4 is 19.7 Å².